The van der Waals surface area contributed by atoms with Crippen LogP contribution < -0.4 is 4.74 Å². The van der Waals surface area contributed by atoms with Gasteiger partial charge in [0.25, 0.3) is 0 Å². The van der Waals surface area contributed by atoms with Gasteiger partial charge in [-0.2, -0.15) is 0 Å². The van der Waals surface area contributed by atoms with Crippen LogP contribution in [-0.4, -0.2) is 9.97 Å². The topological polar surface area (TPSA) is 35.0 Å². The highest BCUT2D eigenvalue weighted by Crippen LogP contribution is 2.32. The predicted octanol–water partition coefficient (Wildman–Crippen LogP) is 4.78. The van der Waals surface area contributed by atoms with Gasteiger partial charge in [0, 0.05) is 0 Å². The quantitative estimate of drug-likeness (QED) is 0.601. The van der Waals surface area contributed by atoms with Gasteiger partial charge in [0.15, 0.2) is 0 Å². The molecule has 0 aliphatic heterocycles. The predicted molar refractivity (Wildman–Crippen MR) is 77.2 cm³/mol. The monoisotopic (exact) mass is 296 g/mol. The molecule has 100 valence electrons. The lowest BCUT2D eigenvalue weighted by Gasteiger charge is -2.14. The Kier molecular flexibility index (Phi) is 4.61. The van der Waals surface area contributed by atoms with Crippen LogP contribution in [0.3, 0.4) is 0 Å². The van der Waals surface area contributed by atoms with Gasteiger partial charge in [0.1, 0.15) is 17.2 Å². The molecule has 1 aromatic heterocycles. The van der Waals surface area contributed by atoms with Crippen molar-refractivity contribution < 1.29 is 4.74 Å². The lowest BCUT2D eigenvalue weighted by Crippen LogP contribution is -1.99. The summed E-state index contributed by atoms with van der Waals surface area (Å²) in [5.41, 5.74) is 1.71. The first-order chi connectivity index (χ1) is 9.13. The number of halogens is 2. The zero-order chi connectivity index (χ0) is 13.8. The van der Waals surface area contributed by atoms with Crippen LogP contribution in [0.15, 0.2) is 30.6 Å². The van der Waals surface area contributed by atoms with E-state index in [1.54, 1.807) is 0 Å². The van der Waals surface area contributed by atoms with Crippen molar-refractivity contribution in [3.05, 3.63) is 46.9 Å². The van der Waals surface area contributed by atoms with Gasteiger partial charge < -0.3 is 4.74 Å². The molecule has 2 rings (SSSR count). The molecule has 0 bridgehead atoms. The van der Waals surface area contributed by atoms with Gasteiger partial charge in [-0.3, -0.25) is 0 Å². The van der Waals surface area contributed by atoms with Crippen LogP contribution in [-0.2, 0) is 5.88 Å². The second kappa shape index (κ2) is 6.22. The van der Waals surface area contributed by atoms with Crippen LogP contribution >= 0.6 is 23.2 Å². The number of alkyl halides is 1. The van der Waals surface area contributed by atoms with Gasteiger partial charge in [-0.1, -0.05) is 43.6 Å². The van der Waals surface area contributed by atoms with Crippen LogP contribution in [0.4, 0.5) is 0 Å². The van der Waals surface area contributed by atoms with Crippen LogP contribution in [0.5, 0.6) is 11.6 Å². The molecule has 19 heavy (non-hydrogen) atoms. The van der Waals surface area contributed by atoms with Gasteiger partial charge in [0.05, 0.1) is 11.4 Å². The zero-order valence-corrected chi connectivity index (χ0v) is 12.2. The third-order valence-corrected chi connectivity index (χ3v) is 3.33. The number of nitrogens with zero attached hydrogens (tertiary/aromatic N) is 2. The number of rotatable bonds is 4. The average Bonchev–Trinajstić information content (AvgIpc) is 2.39. The van der Waals surface area contributed by atoms with E-state index in [0.29, 0.717) is 22.5 Å². The summed E-state index contributed by atoms with van der Waals surface area (Å²) in [6, 6.07) is 7.84. The second-order valence-electron chi connectivity index (χ2n) is 4.38. The molecule has 0 radical (unpaired) electrons. The molecule has 0 amide bonds. The van der Waals surface area contributed by atoms with E-state index < -0.39 is 0 Å². The number of benzene rings is 1. The molecular formula is C14H14Cl2N2O. The first kappa shape index (κ1) is 14.1. The average molecular weight is 297 g/mol. The summed E-state index contributed by atoms with van der Waals surface area (Å²) in [5.74, 6) is 1.73. The molecule has 0 N–H and O–H groups in total. The molecule has 1 heterocycles. The van der Waals surface area contributed by atoms with Crippen LogP contribution in [0.25, 0.3) is 0 Å². The van der Waals surface area contributed by atoms with E-state index in [0.717, 1.165) is 11.3 Å². The highest BCUT2D eigenvalue weighted by Gasteiger charge is 2.14. The Morgan fingerprint density at radius 1 is 1.21 bits per heavy atom. The maximum atomic E-state index is 5.98. The Morgan fingerprint density at radius 3 is 2.63 bits per heavy atom. The Morgan fingerprint density at radius 2 is 1.95 bits per heavy atom. The maximum Gasteiger partial charge on any atom is 0.228 e. The SMILES string of the molecule is CC(C)c1ccccc1Oc1ncnc(Cl)c1CCl. The van der Waals surface area contributed by atoms with Gasteiger partial charge in [-0.05, 0) is 17.5 Å². The van der Waals surface area contributed by atoms with Gasteiger partial charge >= 0.3 is 0 Å². The zero-order valence-electron chi connectivity index (χ0n) is 10.7. The Balaban J connectivity index is 2.39. The standard InChI is InChI=1S/C14H14Cl2N2O/c1-9(2)10-5-3-4-6-12(10)19-14-11(7-15)13(16)17-8-18-14/h3-6,8-9H,7H2,1-2H3. The van der Waals surface area contributed by atoms with Crippen molar-refractivity contribution >= 4 is 23.2 Å². The van der Waals surface area contributed by atoms with Crippen molar-refractivity contribution in [3.63, 3.8) is 0 Å². The van der Waals surface area contributed by atoms with Gasteiger partial charge in [-0.25, -0.2) is 9.97 Å². The largest absolute Gasteiger partial charge is 0.438 e. The first-order valence-electron chi connectivity index (χ1n) is 5.95. The van der Waals surface area contributed by atoms with Crippen LogP contribution in [0.2, 0.25) is 5.15 Å². The Bertz CT molecular complexity index is 573. The molecule has 1 aromatic carbocycles. The summed E-state index contributed by atoms with van der Waals surface area (Å²) in [5, 5.41) is 0.321. The summed E-state index contributed by atoms with van der Waals surface area (Å²) in [6.45, 7) is 4.22. The molecular weight excluding hydrogens is 283 g/mol. The molecule has 0 spiro atoms. The molecule has 5 heteroatoms. The summed E-state index contributed by atoms with van der Waals surface area (Å²) in [7, 11) is 0. The van der Waals surface area contributed by atoms with Gasteiger partial charge in [0.2, 0.25) is 5.88 Å². The normalized spacial score (nSPS) is 10.8. The number of para-hydroxylation sites is 1. The van der Waals surface area contributed by atoms with Crippen LogP contribution in [0, 0.1) is 0 Å². The number of hydrogen-bond acceptors (Lipinski definition) is 3. The minimum absolute atomic E-state index is 0.207. The highest BCUT2D eigenvalue weighted by molar-refractivity contribution is 6.31. The van der Waals surface area contributed by atoms with E-state index in [-0.39, 0.29) is 5.88 Å². The molecule has 0 aliphatic carbocycles. The summed E-state index contributed by atoms with van der Waals surface area (Å²) in [4.78, 5) is 8.00. The fourth-order valence-corrected chi connectivity index (χ4v) is 2.23. The van der Waals surface area contributed by atoms with E-state index in [1.165, 1.54) is 6.33 Å². The molecule has 0 aliphatic rings. The number of hydrogen-bond donors (Lipinski definition) is 0. The maximum absolute atomic E-state index is 5.98. The Hall–Kier alpha value is -1.32. The van der Waals surface area contributed by atoms with Crippen molar-refractivity contribution in [1.82, 2.24) is 9.97 Å². The second-order valence-corrected chi connectivity index (χ2v) is 5.00. The van der Waals surface area contributed by atoms with Crippen molar-refractivity contribution in [1.29, 1.82) is 0 Å². The molecule has 0 atom stereocenters. The molecule has 0 saturated carbocycles. The Labute approximate surface area is 122 Å². The molecule has 0 unspecified atom stereocenters. The molecule has 3 nitrogen and oxygen atoms in total. The minimum atomic E-state index is 0.207. The van der Waals surface area contributed by atoms with Crippen molar-refractivity contribution in [2.24, 2.45) is 0 Å². The van der Waals surface area contributed by atoms with Crippen molar-refractivity contribution in [3.8, 4) is 11.6 Å². The lowest BCUT2D eigenvalue weighted by atomic mass is 10.0. The van der Waals surface area contributed by atoms with E-state index in [9.17, 15) is 0 Å². The van der Waals surface area contributed by atoms with Crippen LogP contribution in [0.1, 0.15) is 30.9 Å². The van der Waals surface area contributed by atoms with E-state index in [1.807, 2.05) is 24.3 Å². The van der Waals surface area contributed by atoms with Gasteiger partial charge in [-0.15, -0.1) is 11.6 Å². The third-order valence-electron chi connectivity index (χ3n) is 2.73. The van der Waals surface area contributed by atoms with E-state index >= 15 is 0 Å². The number of ether oxygens (including phenoxy) is 1. The first-order valence-corrected chi connectivity index (χ1v) is 6.86. The summed E-state index contributed by atoms with van der Waals surface area (Å²) >= 11 is 11.8. The fraction of sp³-hybridized carbons (Fsp3) is 0.286. The summed E-state index contributed by atoms with van der Waals surface area (Å²) in [6.07, 6.45) is 1.37. The number of aromatic nitrogens is 2. The van der Waals surface area contributed by atoms with Crippen molar-refractivity contribution in [2.75, 3.05) is 0 Å². The van der Waals surface area contributed by atoms with Crippen molar-refractivity contribution in [2.45, 2.75) is 25.6 Å². The van der Waals surface area contributed by atoms with E-state index in [4.69, 9.17) is 27.9 Å². The van der Waals surface area contributed by atoms with E-state index in [2.05, 4.69) is 23.8 Å². The summed E-state index contributed by atoms with van der Waals surface area (Å²) < 4.78 is 5.85. The molecule has 2 aromatic rings. The highest BCUT2D eigenvalue weighted by atomic mass is 35.5. The fourth-order valence-electron chi connectivity index (χ4n) is 1.73. The smallest absolute Gasteiger partial charge is 0.228 e. The molecule has 0 saturated heterocycles. The lowest BCUT2D eigenvalue weighted by molar-refractivity contribution is 0.448. The molecule has 0 fully saturated rings. The minimum Gasteiger partial charge on any atom is -0.438 e. The third kappa shape index (κ3) is 3.17.